The number of nitrogens with one attached hydrogen (secondary N) is 1. The van der Waals surface area contributed by atoms with Gasteiger partial charge in [-0.1, -0.05) is 6.42 Å². The lowest BCUT2D eigenvalue weighted by molar-refractivity contribution is -0.139. The van der Waals surface area contributed by atoms with Gasteiger partial charge in [0, 0.05) is 11.3 Å². The molecule has 3 heterocycles. The second kappa shape index (κ2) is 8.43. The third-order valence-corrected chi connectivity index (χ3v) is 5.64. The zero-order valence-corrected chi connectivity index (χ0v) is 16.1. The number of aromatic nitrogens is 1. The zero-order chi connectivity index (χ0) is 19.3. The second-order valence-corrected chi connectivity index (χ2v) is 7.73. The van der Waals surface area contributed by atoms with Crippen LogP contribution in [0.5, 0.6) is 0 Å². The fourth-order valence-electron chi connectivity index (χ4n) is 3.04. The molecule has 2 amide bonds. The average molecular weight is 399 g/mol. The molecular weight excluding hydrogens is 378 g/mol. The van der Waals surface area contributed by atoms with E-state index in [0.29, 0.717) is 31.1 Å². The molecule has 146 valence electrons. The van der Waals surface area contributed by atoms with E-state index < -0.39 is 0 Å². The molecule has 28 heavy (non-hydrogen) atoms. The molecule has 0 unspecified atom stereocenters. The van der Waals surface area contributed by atoms with Crippen LogP contribution in [0.4, 0.5) is 0 Å². The molecule has 0 aliphatic heterocycles. The van der Waals surface area contributed by atoms with Crippen molar-refractivity contribution in [2.75, 3.05) is 0 Å². The van der Waals surface area contributed by atoms with Crippen molar-refractivity contribution in [2.24, 2.45) is 5.92 Å². The highest BCUT2D eigenvalue weighted by atomic mass is 32.1. The standard InChI is InChI=1S/C20H21N3O4S/c24-19(21-10-15-6-2-8-26-15)17-13-28-18(22-17)12-23(11-16-7-3-9-27-16)20(25)14-4-1-5-14/h2-3,6-9,13-14H,1,4-5,10-12H2,(H,21,24). The van der Waals surface area contributed by atoms with Crippen molar-refractivity contribution in [3.05, 3.63) is 64.4 Å². The SMILES string of the molecule is O=C(NCc1ccco1)c1csc(CN(Cc2ccco2)C(=O)C2CCC2)n1. The average Bonchev–Trinajstić information content (AvgIpc) is 3.40. The highest BCUT2D eigenvalue weighted by Gasteiger charge is 2.30. The largest absolute Gasteiger partial charge is 0.467 e. The molecular formula is C20H21N3O4S. The lowest BCUT2D eigenvalue weighted by Crippen LogP contribution is -2.38. The Labute approximate surface area is 166 Å². The van der Waals surface area contributed by atoms with Crippen LogP contribution < -0.4 is 5.32 Å². The molecule has 4 rings (SSSR count). The Balaban J connectivity index is 1.40. The van der Waals surface area contributed by atoms with Crippen molar-refractivity contribution in [2.45, 2.75) is 38.9 Å². The molecule has 0 saturated heterocycles. The maximum Gasteiger partial charge on any atom is 0.271 e. The van der Waals surface area contributed by atoms with Crippen molar-refractivity contribution >= 4 is 23.2 Å². The molecule has 0 spiro atoms. The first-order valence-electron chi connectivity index (χ1n) is 9.25. The van der Waals surface area contributed by atoms with Crippen molar-refractivity contribution in [3.63, 3.8) is 0 Å². The summed E-state index contributed by atoms with van der Waals surface area (Å²) in [7, 11) is 0. The Kier molecular flexibility index (Phi) is 5.57. The van der Waals surface area contributed by atoms with E-state index in [9.17, 15) is 9.59 Å². The van der Waals surface area contributed by atoms with Crippen LogP contribution in [-0.2, 0) is 24.4 Å². The lowest BCUT2D eigenvalue weighted by Gasteiger charge is -2.30. The normalized spacial score (nSPS) is 13.9. The Morgan fingerprint density at radius 1 is 1.14 bits per heavy atom. The number of furan rings is 2. The minimum atomic E-state index is -0.262. The lowest BCUT2D eigenvalue weighted by atomic mass is 9.84. The first kappa shape index (κ1) is 18.5. The molecule has 1 N–H and O–H groups in total. The molecule has 0 aromatic carbocycles. The molecule has 3 aromatic rings. The number of carbonyl (C=O) groups is 2. The summed E-state index contributed by atoms with van der Waals surface area (Å²) < 4.78 is 10.6. The molecule has 7 nitrogen and oxygen atoms in total. The Bertz CT molecular complexity index is 913. The van der Waals surface area contributed by atoms with Gasteiger partial charge in [-0.15, -0.1) is 11.3 Å². The summed E-state index contributed by atoms with van der Waals surface area (Å²) in [6.07, 6.45) is 6.14. The van der Waals surface area contributed by atoms with E-state index in [-0.39, 0.29) is 17.7 Å². The number of amides is 2. The van der Waals surface area contributed by atoms with Gasteiger partial charge in [0.15, 0.2) is 0 Å². The van der Waals surface area contributed by atoms with Gasteiger partial charge in [-0.2, -0.15) is 0 Å². The van der Waals surface area contributed by atoms with Crippen LogP contribution in [0.25, 0.3) is 0 Å². The summed E-state index contributed by atoms with van der Waals surface area (Å²) in [4.78, 5) is 31.3. The van der Waals surface area contributed by atoms with Gasteiger partial charge in [0.1, 0.15) is 22.2 Å². The van der Waals surface area contributed by atoms with Crippen LogP contribution in [-0.4, -0.2) is 21.7 Å². The molecule has 0 radical (unpaired) electrons. The van der Waals surface area contributed by atoms with E-state index in [1.54, 1.807) is 34.9 Å². The van der Waals surface area contributed by atoms with Crippen molar-refractivity contribution in [1.29, 1.82) is 0 Å². The zero-order valence-electron chi connectivity index (χ0n) is 15.3. The fourth-order valence-corrected chi connectivity index (χ4v) is 3.83. The van der Waals surface area contributed by atoms with Crippen LogP contribution in [0.3, 0.4) is 0 Å². The number of hydrogen-bond donors (Lipinski definition) is 1. The van der Waals surface area contributed by atoms with Crippen molar-refractivity contribution < 1.29 is 18.4 Å². The number of hydrogen-bond acceptors (Lipinski definition) is 6. The summed E-state index contributed by atoms with van der Waals surface area (Å²) in [5, 5.41) is 5.22. The van der Waals surface area contributed by atoms with Crippen LogP contribution in [0.2, 0.25) is 0 Å². The van der Waals surface area contributed by atoms with Crippen LogP contribution in [0, 0.1) is 5.92 Å². The number of rotatable bonds is 8. The quantitative estimate of drug-likeness (QED) is 0.625. The minimum Gasteiger partial charge on any atom is -0.467 e. The van der Waals surface area contributed by atoms with E-state index in [4.69, 9.17) is 8.83 Å². The fraction of sp³-hybridized carbons (Fsp3) is 0.350. The van der Waals surface area contributed by atoms with Gasteiger partial charge >= 0.3 is 0 Å². The van der Waals surface area contributed by atoms with E-state index in [2.05, 4.69) is 10.3 Å². The predicted molar refractivity (Wildman–Crippen MR) is 102 cm³/mol. The Morgan fingerprint density at radius 2 is 1.89 bits per heavy atom. The summed E-state index contributed by atoms with van der Waals surface area (Å²) in [5.41, 5.74) is 0.348. The van der Waals surface area contributed by atoms with Crippen LogP contribution in [0.15, 0.2) is 51.0 Å². The van der Waals surface area contributed by atoms with Crippen molar-refractivity contribution in [3.8, 4) is 0 Å². The third kappa shape index (κ3) is 4.33. The van der Waals surface area contributed by atoms with Crippen LogP contribution >= 0.6 is 11.3 Å². The maximum absolute atomic E-state index is 12.8. The smallest absolute Gasteiger partial charge is 0.271 e. The van der Waals surface area contributed by atoms with Gasteiger partial charge in [0.2, 0.25) is 5.91 Å². The summed E-state index contributed by atoms with van der Waals surface area (Å²) >= 11 is 1.38. The number of thiazole rings is 1. The number of carbonyl (C=O) groups excluding carboxylic acids is 2. The van der Waals surface area contributed by atoms with E-state index in [1.807, 2.05) is 12.1 Å². The van der Waals surface area contributed by atoms with Gasteiger partial charge < -0.3 is 19.1 Å². The second-order valence-electron chi connectivity index (χ2n) is 6.79. The van der Waals surface area contributed by atoms with Crippen LogP contribution in [0.1, 0.15) is 46.3 Å². The molecule has 1 saturated carbocycles. The molecule has 1 aliphatic carbocycles. The minimum absolute atomic E-state index is 0.0889. The van der Waals surface area contributed by atoms with E-state index in [0.717, 1.165) is 30.0 Å². The molecule has 0 atom stereocenters. The van der Waals surface area contributed by atoms with Gasteiger partial charge in [0.25, 0.3) is 5.91 Å². The van der Waals surface area contributed by atoms with E-state index >= 15 is 0 Å². The first-order chi connectivity index (χ1) is 13.7. The Morgan fingerprint density at radius 3 is 2.54 bits per heavy atom. The highest BCUT2D eigenvalue weighted by molar-refractivity contribution is 7.09. The maximum atomic E-state index is 12.8. The highest BCUT2D eigenvalue weighted by Crippen LogP contribution is 2.29. The van der Waals surface area contributed by atoms with Crippen molar-refractivity contribution in [1.82, 2.24) is 15.2 Å². The monoisotopic (exact) mass is 399 g/mol. The van der Waals surface area contributed by atoms with Gasteiger partial charge in [-0.25, -0.2) is 4.98 Å². The summed E-state index contributed by atoms with van der Waals surface area (Å²) in [6, 6.07) is 7.24. The van der Waals surface area contributed by atoms with E-state index in [1.165, 1.54) is 11.3 Å². The molecule has 0 bridgehead atoms. The molecule has 1 fully saturated rings. The molecule has 8 heteroatoms. The topological polar surface area (TPSA) is 88.6 Å². The molecule has 1 aliphatic rings. The van der Waals surface area contributed by atoms with Gasteiger partial charge in [0.05, 0.1) is 32.2 Å². The predicted octanol–water partition coefficient (Wildman–Crippen LogP) is 3.59. The number of nitrogens with zero attached hydrogens (tertiary/aromatic N) is 2. The summed E-state index contributed by atoms with van der Waals surface area (Å²) in [6.45, 7) is 1.08. The third-order valence-electron chi connectivity index (χ3n) is 4.81. The molecule has 3 aromatic heterocycles. The summed E-state index contributed by atoms with van der Waals surface area (Å²) in [5.74, 6) is 1.37. The Hall–Kier alpha value is -2.87. The van der Waals surface area contributed by atoms with Gasteiger partial charge in [-0.05, 0) is 37.1 Å². The first-order valence-corrected chi connectivity index (χ1v) is 10.1. The van der Waals surface area contributed by atoms with Gasteiger partial charge in [-0.3, -0.25) is 9.59 Å².